The second-order valence-electron chi connectivity index (χ2n) is 8.20. The topological polar surface area (TPSA) is 43.3 Å². The summed E-state index contributed by atoms with van der Waals surface area (Å²) < 4.78 is 7.87. The molecule has 0 bridgehead atoms. The molecule has 1 heterocycles. The van der Waals surface area contributed by atoms with Gasteiger partial charge in [0, 0.05) is 23.1 Å². The van der Waals surface area contributed by atoms with Crippen molar-refractivity contribution in [2.45, 2.75) is 33.2 Å². The maximum absolute atomic E-state index is 13.3. The summed E-state index contributed by atoms with van der Waals surface area (Å²) in [5, 5.41) is 4.14. The molecule has 32 heavy (non-hydrogen) atoms. The number of benzene rings is 3. The molecule has 0 spiro atoms. The fourth-order valence-electron chi connectivity index (χ4n) is 3.93. The Bertz CT molecular complexity index is 1250. The van der Waals surface area contributed by atoms with Gasteiger partial charge in [0.25, 0.3) is 5.91 Å². The van der Waals surface area contributed by atoms with Gasteiger partial charge in [0.15, 0.2) is 0 Å². The summed E-state index contributed by atoms with van der Waals surface area (Å²) in [5.41, 5.74) is 4.66. The predicted octanol–water partition coefficient (Wildman–Crippen LogP) is 7.30. The molecule has 0 saturated carbocycles. The molecule has 0 aliphatic carbocycles. The van der Waals surface area contributed by atoms with Gasteiger partial charge in [-0.1, -0.05) is 44.2 Å². The van der Waals surface area contributed by atoms with E-state index in [0.29, 0.717) is 29.6 Å². The predicted molar refractivity (Wildman–Crippen MR) is 132 cm³/mol. The second kappa shape index (κ2) is 9.15. The Morgan fingerprint density at radius 3 is 2.38 bits per heavy atom. The lowest BCUT2D eigenvalue weighted by Crippen LogP contribution is -2.18. The Morgan fingerprint density at radius 2 is 1.72 bits per heavy atom. The van der Waals surface area contributed by atoms with Crippen LogP contribution in [-0.4, -0.2) is 10.5 Å². The molecule has 162 valence electrons. The zero-order valence-electron chi connectivity index (χ0n) is 18.8. The maximum atomic E-state index is 13.3. The van der Waals surface area contributed by atoms with Crippen LogP contribution in [0, 0.1) is 6.92 Å². The van der Waals surface area contributed by atoms with E-state index in [-0.39, 0.29) is 5.91 Å². The fourth-order valence-corrected chi connectivity index (χ4v) is 3.93. The molecular formula is C28H28N2O2. The minimum absolute atomic E-state index is 0.136. The largest absolute Gasteiger partial charge is 0.457 e. The minimum atomic E-state index is -0.136. The number of rotatable bonds is 7. The number of allylic oxidation sites excluding steroid dienone is 1. The number of nitrogens with zero attached hydrogens (tertiary/aromatic N) is 1. The van der Waals surface area contributed by atoms with Crippen molar-refractivity contribution in [2.24, 2.45) is 0 Å². The quantitative estimate of drug-likeness (QED) is 0.316. The van der Waals surface area contributed by atoms with Crippen molar-refractivity contribution >= 4 is 22.5 Å². The van der Waals surface area contributed by atoms with Gasteiger partial charge in [-0.05, 0) is 72.5 Å². The van der Waals surface area contributed by atoms with Crippen LogP contribution < -0.4 is 10.1 Å². The normalized spacial score (nSPS) is 11.0. The molecule has 1 N–H and O–H groups in total. The molecule has 0 aliphatic heterocycles. The van der Waals surface area contributed by atoms with E-state index in [4.69, 9.17) is 4.74 Å². The van der Waals surface area contributed by atoms with E-state index >= 15 is 0 Å². The molecule has 0 saturated heterocycles. The average Bonchev–Trinajstić information content (AvgIpc) is 3.07. The van der Waals surface area contributed by atoms with Gasteiger partial charge in [-0.15, -0.1) is 6.58 Å². The number of hydrogen-bond donors (Lipinski definition) is 1. The van der Waals surface area contributed by atoms with Crippen LogP contribution >= 0.6 is 0 Å². The number of nitrogens with one attached hydrogen (secondary N) is 1. The third-order valence-electron chi connectivity index (χ3n) is 5.63. The lowest BCUT2D eigenvalue weighted by atomic mass is 10.0. The van der Waals surface area contributed by atoms with E-state index in [0.717, 1.165) is 22.2 Å². The molecule has 1 amide bonds. The SMILES string of the molecule is C=CCn1c(C(=O)Nc2ccc(Oc3ccccc3)cc2)c(C)c2cc(C(C)C)ccc21. The van der Waals surface area contributed by atoms with Gasteiger partial charge >= 0.3 is 0 Å². The molecular weight excluding hydrogens is 396 g/mol. The zero-order chi connectivity index (χ0) is 22.7. The van der Waals surface area contributed by atoms with E-state index in [1.54, 1.807) is 0 Å². The molecule has 0 atom stereocenters. The molecule has 3 aromatic carbocycles. The van der Waals surface area contributed by atoms with Gasteiger partial charge in [0.05, 0.1) is 0 Å². The highest BCUT2D eigenvalue weighted by molar-refractivity contribution is 6.08. The summed E-state index contributed by atoms with van der Waals surface area (Å²) in [5.74, 6) is 1.78. The summed E-state index contributed by atoms with van der Waals surface area (Å²) in [6.07, 6.45) is 1.82. The first kappa shape index (κ1) is 21.4. The van der Waals surface area contributed by atoms with Crippen LogP contribution in [0.5, 0.6) is 11.5 Å². The fraction of sp³-hybridized carbons (Fsp3) is 0.179. The molecule has 0 unspecified atom stereocenters. The Hall–Kier alpha value is -3.79. The van der Waals surface area contributed by atoms with Crippen molar-refractivity contribution in [3.8, 4) is 11.5 Å². The van der Waals surface area contributed by atoms with E-state index in [1.165, 1.54) is 5.56 Å². The number of carbonyl (C=O) groups is 1. The molecule has 4 aromatic rings. The van der Waals surface area contributed by atoms with Crippen molar-refractivity contribution in [3.05, 3.63) is 102 Å². The minimum Gasteiger partial charge on any atom is -0.457 e. The molecule has 0 fully saturated rings. The van der Waals surface area contributed by atoms with Crippen molar-refractivity contribution < 1.29 is 9.53 Å². The van der Waals surface area contributed by atoms with Crippen LogP contribution in [0.1, 0.15) is 41.4 Å². The van der Waals surface area contributed by atoms with Crippen molar-refractivity contribution in [1.29, 1.82) is 0 Å². The van der Waals surface area contributed by atoms with Crippen molar-refractivity contribution in [3.63, 3.8) is 0 Å². The Balaban J connectivity index is 1.61. The number of anilines is 1. The highest BCUT2D eigenvalue weighted by Gasteiger charge is 2.20. The first-order chi connectivity index (χ1) is 15.5. The standard InChI is InChI=1S/C28H28N2O2/c1-5-17-30-26-16-11-21(19(2)3)18-25(26)20(4)27(30)28(31)29-22-12-14-24(15-13-22)32-23-9-7-6-8-10-23/h5-16,18-19H,1,17H2,2-4H3,(H,29,31). The van der Waals surface area contributed by atoms with Gasteiger partial charge in [0.2, 0.25) is 0 Å². The number of ether oxygens (including phenoxy) is 1. The number of aryl methyl sites for hydroxylation is 1. The summed E-state index contributed by atoms with van der Waals surface area (Å²) in [7, 11) is 0. The molecule has 4 rings (SSSR count). The molecule has 4 heteroatoms. The molecule has 0 aliphatic rings. The van der Waals surface area contributed by atoms with E-state index in [2.05, 4.69) is 43.9 Å². The zero-order valence-corrected chi connectivity index (χ0v) is 18.8. The Kier molecular flexibility index (Phi) is 6.13. The van der Waals surface area contributed by atoms with Crippen LogP contribution in [-0.2, 0) is 6.54 Å². The molecule has 4 nitrogen and oxygen atoms in total. The van der Waals surface area contributed by atoms with Crippen LogP contribution in [0.2, 0.25) is 0 Å². The van der Waals surface area contributed by atoms with Crippen LogP contribution in [0.25, 0.3) is 10.9 Å². The van der Waals surface area contributed by atoms with E-state index < -0.39 is 0 Å². The number of para-hydroxylation sites is 1. The summed E-state index contributed by atoms with van der Waals surface area (Å²) in [6, 6.07) is 23.5. The average molecular weight is 425 g/mol. The number of fused-ring (bicyclic) bond motifs is 1. The van der Waals surface area contributed by atoms with Crippen LogP contribution in [0.4, 0.5) is 5.69 Å². The van der Waals surface area contributed by atoms with Gasteiger partial charge in [-0.3, -0.25) is 4.79 Å². The molecule has 1 aromatic heterocycles. The maximum Gasteiger partial charge on any atom is 0.272 e. The highest BCUT2D eigenvalue weighted by atomic mass is 16.5. The molecule has 0 radical (unpaired) electrons. The summed E-state index contributed by atoms with van der Waals surface area (Å²) in [4.78, 5) is 13.3. The van der Waals surface area contributed by atoms with Gasteiger partial charge in [-0.25, -0.2) is 0 Å². The van der Waals surface area contributed by atoms with E-state index in [9.17, 15) is 4.79 Å². The van der Waals surface area contributed by atoms with E-state index in [1.807, 2.05) is 72.2 Å². The highest BCUT2D eigenvalue weighted by Crippen LogP contribution is 2.30. The smallest absolute Gasteiger partial charge is 0.272 e. The number of amides is 1. The monoisotopic (exact) mass is 424 g/mol. The second-order valence-corrected chi connectivity index (χ2v) is 8.20. The summed E-state index contributed by atoms with van der Waals surface area (Å²) in [6.45, 7) is 10.8. The summed E-state index contributed by atoms with van der Waals surface area (Å²) >= 11 is 0. The van der Waals surface area contributed by atoms with Crippen molar-refractivity contribution in [1.82, 2.24) is 4.57 Å². The number of carbonyl (C=O) groups excluding carboxylic acids is 1. The van der Waals surface area contributed by atoms with Crippen LogP contribution in [0.15, 0.2) is 85.5 Å². The van der Waals surface area contributed by atoms with Crippen LogP contribution in [0.3, 0.4) is 0 Å². The number of aromatic nitrogens is 1. The van der Waals surface area contributed by atoms with Gasteiger partial charge in [-0.2, -0.15) is 0 Å². The lowest BCUT2D eigenvalue weighted by Gasteiger charge is -2.11. The Morgan fingerprint density at radius 1 is 1.03 bits per heavy atom. The lowest BCUT2D eigenvalue weighted by molar-refractivity contribution is 0.101. The first-order valence-corrected chi connectivity index (χ1v) is 10.9. The van der Waals surface area contributed by atoms with Crippen molar-refractivity contribution in [2.75, 3.05) is 5.32 Å². The van der Waals surface area contributed by atoms with Gasteiger partial charge in [0.1, 0.15) is 17.2 Å². The third kappa shape index (κ3) is 4.30. The van der Waals surface area contributed by atoms with Gasteiger partial charge < -0.3 is 14.6 Å². The number of hydrogen-bond acceptors (Lipinski definition) is 2. The first-order valence-electron chi connectivity index (χ1n) is 10.9. The third-order valence-corrected chi connectivity index (χ3v) is 5.63. The Labute approximate surface area is 189 Å².